The predicted octanol–water partition coefficient (Wildman–Crippen LogP) is 4.40. The summed E-state index contributed by atoms with van der Waals surface area (Å²) in [5.41, 5.74) is -0.0363. The number of rotatable bonds is 17. The second-order valence-electron chi connectivity index (χ2n) is 6.07. The van der Waals surface area contributed by atoms with Gasteiger partial charge in [-0.3, -0.25) is 0 Å². The van der Waals surface area contributed by atoms with E-state index < -0.39 is 0 Å². The van der Waals surface area contributed by atoms with Crippen molar-refractivity contribution in [1.82, 2.24) is 0 Å². The lowest BCUT2D eigenvalue weighted by atomic mass is 9.87. The van der Waals surface area contributed by atoms with Crippen LogP contribution < -0.4 is 0 Å². The van der Waals surface area contributed by atoms with E-state index in [1.165, 1.54) is 0 Å². The van der Waals surface area contributed by atoms with Crippen LogP contribution >= 0.6 is 0 Å². The molecule has 0 spiro atoms. The normalized spacial score (nSPS) is 14.5. The standard InChI is InChI=1S/C20H38O4Si/c1-4-14-21-17-8-7-11-20(24-25,12-9-18-22-15-5-2)13-10-19-23-16-6-3/h4-6,14-16H,7-13,17-19H2,1-3,25H3. The Labute approximate surface area is 157 Å². The zero-order valence-corrected chi connectivity index (χ0v) is 18.7. The van der Waals surface area contributed by atoms with E-state index in [0.29, 0.717) is 0 Å². The molecule has 0 N–H and O–H groups in total. The van der Waals surface area contributed by atoms with Crippen LogP contribution in [0.4, 0.5) is 0 Å². The Morgan fingerprint density at radius 3 is 1.44 bits per heavy atom. The van der Waals surface area contributed by atoms with Crippen LogP contribution in [0, 0.1) is 0 Å². The van der Waals surface area contributed by atoms with Gasteiger partial charge in [-0.25, -0.2) is 0 Å². The van der Waals surface area contributed by atoms with Crippen molar-refractivity contribution in [2.75, 3.05) is 19.8 Å². The van der Waals surface area contributed by atoms with Gasteiger partial charge in [-0.1, -0.05) is 18.2 Å². The first-order valence-corrected chi connectivity index (χ1v) is 10.3. The van der Waals surface area contributed by atoms with Crippen LogP contribution in [0.2, 0.25) is 0 Å². The van der Waals surface area contributed by atoms with Gasteiger partial charge in [0.25, 0.3) is 0 Å². The van der Waals surface area contributed by atoms with E-state index in [4.69, 9.17) is 18.6 Å². The molecule has 0 atom stereocenters. The maximum absolute atomic E-state index is 6.12. The summed E-state index contributed by atoms with van der Waals surface area (Å²) in [4.78, 5) is 0. The van der Waals surface area contributed by atoms with Crippen molar-refractivity contribution in [2.24, 2.45) is 0 Å². The average Bonchev–Trinajstić information content (AvgIpc) is 2.63. The number of hydrogen-bond acceptors (Lipinski definition) is 4. The van der Waals surface area contributed by atoms with E-state index in [9.17, 15) is 0 Å². The number of unbranched alkanes of at least 4 members (excludes halogenated alkanes) is 1. The maximum Gasteiger partial charge on any atom is 0.146 e. The Morgan fingerprint density at radius 2 is 1.04 bits per heavy atom. The van der Waals surface area contributed by atoms with Crippen molar-refractivity contribution < 1.29 is 18.6 Å². The van der Waals surface area contributed by atoms with Crippen molar-refractivity contribution in [2.45, 2.75) is 71.3 Å². The van der Waals surface area contributed by atoms with Gasteiger partial charge in [0, 0.05) is 0 Å². The van der Waals surface area contributed by atoms with E-state index in [1.54, 1.807) is 18.8 Å². The van der Waals surface area contributed by atoms with Crippen molar-refractivity contribution >= 4 is 10.5 Å². The van der Waals surface area contributed by atoms with Crippen LogP contribution in [0.5, 0.6) is 0 Å². The van der Waals surface area contributed by atoms with Gasteiger partial charge < -0.3 is 18.6 Å². The molecule has 0 bridgehead atoms. The van der Waals surface area contributed by atoms with Gasteiger partial charge in [-0.2, -0.15) is 0 Å². The molecule has 4 nitrogen and oxygen atoms in total. The lowest BCUT2D eigenvalue weighted by Crippen LogP contribution is -2.33. The molecule has 0 aromatic rings. The van der Waals surface area contributed by atoms with E-state index in [-0.39, 0.29) is 5.60 Å². The molecule has 0 fully saturated rings. The third kappa shape index (κ3) is 13.7. The number of ether oxygens (including phenoxy) is 3. The van der Waals surface area contributed by atoms with E-state index in [2.05, 4.69) is 0 Å². The minimum atomic E-state index is -0.0363. The summed E-state index contributed by atoms with van der Waals surface area (Å²) < 4.78 is 22.5. The highest BCUT2D eigenvalue weighted by Gasteiger charge is 2.27. The van der Waals surface area contributed by atoms with Gasteiger partial charge in [-0.05, 0) is 65.7 Å². The molecular weight excluding hydrogens is 332 g/mol. The molecule has 0 unspecified atom stereocenters. The molecule has 0 aliphatic carbocycles. The number of allylic oxidation sites excluding steroid dienone is 3. The van der Waals surface area contributed by atoms with Crippen LogP contribution in [0.3, 0.4) is 0 Å². The lowest BCUT2D eigenvalue weighted by Gasteiger charge is -2.34. The third-order valence-electron chi connectivity index (χ3n) is 4.06. The predicted molar refractivity (Wildman–Crippen MR) is 108 cm³/mol. The fourth-order valence-electron chi connectivity index (χ4n) is 2.76. The van der Waals surface area contributed by atoms with Crippen LogP contribution in [0.1, 0.15) is 65.7 Å². The molecule has 0 rings (SSSR count). The molecule has 0 aliphatic heterocycles. The molecular formula is C20H38O4Si. The molecule has 0 amide bonds. The first kappa shape index (κ1) is 23.8. The SMILES string of the molecule is CC=COCCCCC(CCCOC=CC)(CCCOC=CC)O[SiH3]. The summed E-state index contributed by atoms with van der Waals surface area (Å²) >= 11 is 0. The smallest absolute Gasteiger partial charge is 0.146 e. The van der Waals surface area contributed by atoms with Gasteiger partial charge >= 0.3 is 0 Å². The Hall–Kier alpha value is -1.20. The Bertz CT molecular complexity index is 347. The Morgan fingerprint density at radius 1 is 0.640 bits per heavy atom. The largest absolute Gasteiger partial charge is 0.502 e. The van der Waals surface area contributed by atoms with Gasteiger partial charge in [0.1, 0.15) is 10.5 Å². The number of hydrogen-bond donors (Lipinski definition) is 0. The fraction of sp³-hybridized carbons (Fsp3) is 0.700. The molecule has 0 saturated heterocycles. The maximum atomic E-state index is 6.12. The summed E-state index contributed by atoms with van der Waals surface area (Å²) in [5, 5.41) is 0. The van der Waals surface area contributed by atoms with Crippen molar-refractivity contribution in [1.29, 1.82) is 0 Å². The van der Waals surface area contributed by atoms with Gasteiger partial charge in [0.15, 0.2) is 0 Å². The van der Waals surface area contributed by atoms with Gasteiger partial charge in [0.2, 0.25) is 0 Å². The topological polar surface area (TPSA) is 36.9 Å². The summed E-state index contributed by atoms with van der Waals surface area (Å²) in [7, 11) is 0.754. The summed E-state index contributed by atoms with van der Waals surface area (Å²) in [5.74, 6) is 0. The molecule has 5 heteroatoms. The molecule has 0 aliphatic rings. The van der Waals surface area contributed by atoms with Crippen LogP contribution in [0.25, 0.3) is 0 Å². The van der Waals surface area contributed by atoms with E-state index in [1.807, 2.05) is 39.0 Å². The van der Waals surface area contributed by atoms with Crippen LogP contribution in [0.15, 0.2) is 37.0 Å². The van der Waals surface area contributed by atoms with Crippen molar-refractivity contribution in [3.63, 3.8) is 0 Å². The second kappa shape index (κ2) is 17.6. The van der Waals surface area contributed by atoms with Gasteiger partial charge in [0.05, 0.1) is 44.2 Å². The second-order valence-corrected chi connectivity index (χ2v) is 6.48. The highest BCUT2D eigenvalue weighted by atomic mass is 28.2. The molecule has 0 aromatic carbocycles. The highest BCUT2D eigenvalue weighted by Crippen LogP contribution is 2.29. The summed E-state index contributed by atoms with van der Waals surface area (Å²) in [6.07, 6.45) is 18.4. The van der Waals surface area contributed by atoms with Crippen LogP contribution in [-0.4, -0.2) is 35.9 Å². The minimum Gasteiger partial charge on any atom is -0.502 e. The Balaban J connectivity index is 4.35. The quantitative estimate of drug-likeness (QED) is 0.216. The minimum absolute atomic E-state index is 0.0363. The summed E-state index contributed by atoms with van der Waals surface area (Å²) in [6.45, 7) is 8.16. The molecule has 0 saturated carbocycles. The zero-order chi connectivity index (χ0) is 18.6. The van der Waals surface area contributed by atoms with Crippen molar-refractivity contribution in [3.05, 3.63) is 37.0 Å². The third-order valence-corrected chi connectivity index (χ3v) is 4.93. The average molecular weight is 371 g/mol. The summed E-state index contributed by atoms with van der Waals surface area (Å²) in [6, 6.07) is 0. The first-order chi connectivity index (χ1) is 12.2. The fourth-order valence-corrected chi connectivity index (χ4v) is 3.37. The van der Waals surface area contributed by atoms with E-state index in [0.717, 1.165) is 75.3 Å². The zero-order valence-electron chi connectivity index (χ0n) is 16.7. The van der Waals surface area contributed by atoms with E-state index >= 15 is 0 Å². The lowest BCUT2D eigenvalue weighted by molar-refractivity contribution is 0.0315. The molecule has 25 heavy (non-hydrogen) atoms. The van der Waals surface area contributed by atoms with Gasteiger partial charge in [-0.15, -0.1) is 0 Å². The molecule has 146 valence electrons. The highest BCUT2D eigenvalue weighted by molar-refractivity contribution is 5.98. The Kier molecular flexibility index (Phi) is 16.8. The van der Waals surface area contributed by atoms with Crippen molar-refractivity contribution in [3.8, 4) is 0 Å². The van der Waals surface area contributed by atoms with Crippen LogP contribution in [-0.2, 0) is 18.6 Å². The molecule has 0 aromatic heterocycles. The first-order valence-electron chi connectivity index (χ1n) is 9.48. The molecule has 0 heterocycles. The molecule has 0 radical (unpaired) electrons. The monoisotopic (exact) mass is 370 g/mol.